The maximum Gasteiger partial charge on any atom is 0.332 e. The lowest BCUT2D eigenvalue weighted by molar-refractivity contribution is -0.141. The second kappa shape index (κ2) is 8.74. The van der Waals surface area contributed by atoms with Gasteiger partial charge in [0, 0.05) is 10.9 Å². The van der Waals surface area contributed by atoms with Crippen LogP contribution in [0, 0.1) is 0 Å². The molecule has 0 spiro atoms. The van der Waals surface area contributed by atoms with Crippen LogP contribution in [0.5, 0.6) is 0 Å². The molecule has 1 amide bonds. The highest BCUT2D eigenvalue weighted by Gasteiger charge is 2.27. The molecule has 2 aromatic carbocycles. The monoisotopic (exact) mass is 398 g/mol. The van der Waals surface area contributed by atoms with Crippen molar-refractivity contribution in [3.63, 3.8) is 0 Å². The van der Waals surface area contributed by atoms with Crippen molar-refractivity contribution in [1.82, 2.24) is 10.3 Å². The van der Waals surface area contributed by atoms with Crippen LogP contribution in [-0.4, -0.2) is 30.0 Å². The third-order valence-corrected chi connectivity index (χ3v) is 5.15. The van der Waals surface area contributed by atoms with Gasteiger partial charge in [-0.25, -0.2) is 9.78 Å². The number of pyridine rings is 1. The molecular weight excluding hydrogens is 376 g/mol. The number of rotatable bonds is 5. The molecule has 0 radical (unpaired) electrons. The van der Waals surface area contributed by atoms with Crippen LogP contribution in [0.25, 0.3) is 22.2 Å². The Bertz CT molecular complexity index is 1150. The van der Waals surface area contributed by atoms with Gasteiger partial charge in [-0.3, -0.25) is 4.79 Å². The van der Waals surface area contributed by atoms with E-state index in [1.165, 1.54) is 7.11 Å². The SMILES string of the molecule is COC(=O)[C@H](NC(=O)c1cc(-c2ccccc2)nc2ccccc12)C1=CCC=CC1. The largest absolute Gasteiger partial charge is 0.467 e. The Morgan fingerprint density at radius 1 is 1.03 bits per heavy atom. The van der Waals surface area contributed by atoms with Gasteiger partial charge in [0.1, 0.15) is 6.04 Å². The van der Waals surface area contributed by atoms with Gasteiger partial charge in [0.15, 0.2) is 0 Å². The molecule has 30 heavy (non-hydrogen) atoms. The quantitative estimate of drug-likeness (QED) is 0.509. The Hall–Kier alpha value is -3.73. The van der Waals surface area contributed by atoms with Gasteiger partial charge in [0.05, 0.1) is 23.9 Å². The Kier molecular flexibility index (Phi) is 5.70. The van der Waals surface area contributed by atoms with E-state index in [0.717, 1.165) is 28.5 Å². The van der Waals surface area contributed by atoms with Crippen LogP contribution in [0.2, 0.25) is 0 Å². The van der Waals surface area contributed by atoms with E-state index in [2.05, 4.69) is 5.32 Å². The summed E-state index contributed by atoms with van der Waals surface area (Å²) in [5.41, 5.74) is 3.65. The molecule has 1 N–H and O–H groups in total. The second-order valence-corrected chi connectivity index (χ2v) is 7.06. The molecule has 3 aromatic rings. The summed E-state index contributed by atoms with van der Waals surface area (Å²) in [7, 11) is 1.33. The zero-order chi connectivity index (χ0) is 20.9. The number of ether oxygens (including phenoxy) is 1. The predicted octanol–water partition coefficient (Wildman–Crippen LogP) is 4.45. The summed E-state index contributed by atoms with van der Waals surface area (Å²) in [6.45, 7) is 0. The van der Waals surface area contributed by atoms with Gasteiger partial charge >= 0.3 is 5.97 Å². The fourth-order valence-corrected chi connectivity index (χ4v) is 3.60. The van der Waals surface area contributed by atoms with Crippen LogP contribution in [-0.2, 0) is 9.53 Å². The molecule has 5 heteroatoms. The number of hydrogen-bond acceptors (Lipinski definition) is 4. The van der Waals surface area contributed by atoms with Gasteiger partial charge in [0.25, 0.3) is 5.91 Å². The highest BCUT2D eigenvalue weighted by atomic mass is 16.5. The third-order valence-electron chi connectivity index (χ3n) is 5.15. The molecule has 0 unspecified atom stereocenters. The van der Waals surface area contributed by atoms with Crippen LogP contribution >= 0.6 is 0 Å². The molecule has 0 fully saturated rings. The summed E-state index contributed by atoms with van der Waals surface area (Å²) in [4.78, 5) is 30.5. The number of nitrogens with zero attached hydrogens (tertiary/aromatic N) is 1. The Morgan fingerprint density at radius 2 is 1.80 bits per heavy atom. The third kappa shape index (κ3) is 4.01. The first kappa shape index (κ1) is 19.6. The summed E-state index contributed by atoms with van der Waals surface area (Å²) in [6.07, 6.45) is 7.32. The molecule has 1 aliphatic carbocycles. The maximum atomic E-state index is 13.3. The van der Waals surface area contributed by atoms with Crippen molar-refractivity contribution in [2.45, 2.75) is 18.9 Å². The number of methoxy groups -OCH3 is 1. The normalized spacial score (nSPS) is 14.1. The topological polar surface area (TPSA) is 68.3 Å². The molecule has 1 atom stereocenters. The van der Waals surface area contributed by atoms with E-state index in [-0.39, 0.29) is 5.91 Å². The zero-order valence-electron chi connectivity index (χ0n) is 16.7. The Balaban J connectivity index is 1.74. The molecule has 5 nitrogen and oxygen atoms in total. The average molecular weight is 398 g/mol. The fraction of sp³-hybridized carbons (Fsp3) is 0.160. The lowest BCUT2D eigenvalue weighted by Crippen LogP contribution is -2.43. The number of fused-ring (bicyclic) bond motifs is 1. The van der Waals surface area contributed by atoms with Crippen molar-refractivity contribution >= 4 is 22.8 Å². The first-order valence-corrected chi connectivity index (χ1v) is 9.85. The van der Waals surface area contributed by atoms with Crippen LogP contribution < -0.4 is 5.32 Å². The Labute approximate surface area is 175 Å². The van der Waals surface area contributed by atoms with E-state index >= 15 is 0 Å². The van der Waals surface area contributed by atoms with Crippen LogP contribution in [0.1, 0.15) is 23.2 Å². The summed E-state index contributed by atoms with van der Waals surface area (Å²) < 4.78 is 4.95. The number of allylic oxidation sites excluding steroid dienone is 3. The summed E-state index contributed by atoms with van der Waals surface area (Å²) >= 11 is 0. The van der Waals surface area contributed by atoms with E-state index in [1.54, 1.807) is 6.07 Å². The molecule has 0 aliphatic heterocycles. The first-order valence-electron chi connectivity index (χ1n) is 9.85. The molecule has 1 aromatic heterocycles. The molecule has 0 saturated heterocycles. The molecular formula is C25H22N2O3. The maximum absolute atomic E-state index is 13.3. The number of carbonyl (C=O) groups excluding carboxylic acids is 2. The highest BCUT2D eigenvalue weighted by molar-refractivity contribution is 6.08. The number of carbonyl (C=O) groups is 2. The second-order valence-electron chi connectivity index (χ2n) is 7.06. The first-order chi connectivity index (χ1) is 14.7. The lowest BCUT2D eigenvalue weighted by Gasteiger charge is -2.21. The molecule has 1 aliphatic rings. The van der Waals surface area contributed by atoms with Gasteiger partial charge in [-0.2, -0.15) is 0 Å². The van der Waals surface area contributed by atoms with Crippen molar-refractivity contribution in [3.05, 3.63) is 90.0 Å². The predicted molar refractivity (Wildman–Crippen MR) is 117 cm³/mol. The van der Waals surface area contributed by atoms with Crippen LogP contribution in [0.3, 0.4) is 0 Å². The lowest BCUT2D eigenvalue weighted by atomic mass is 9.97. The van der Waals surface area contributed by atoms with Gasteiger partial charge in [-0.1, -0.05) is 66.8 Å². The minimum Gasteiger partial charge on any atom is -0.467 e. The van der Waals surface area contributed by atoms with E-state index in [0.29, 0.717) is 17.7 Å². The molecule has 1 heterocycles. The number of nitrogens with one attached hydrogen (secondary N) is 1. The average Bonchev–Trinajstić information content (AvgIpc) is 2.82. The number of aromatic nitrogens is 1. The number of benzene rings is 2. The minimum absolute atomic E-state index is 0.336. The minimum atomic E-state index is -0.820. The van der Waals surface area contributed by atoms with Crippen molar-refractivity contribution in [2.24, 2.45) is 0 Å². The van der Waals surface area contributed by atoms with Crippen molar-refractivity contribution < 1.29 is 14.3 Å². The number of hydrogen-bond donors (Lipinski definition) is 1. The van der Waals surface area contributed by atoms with Gasteiger partial charge in [-0.05, 0) is 30.5 Å². The van der Waals surface area contributed by atoms with E-state index in [9.17, 15) is 9.59 Å². The fourth-order valence-electron chi connectivity index (χ4n) is 3.60. The van der Waals surface area contributed by atoms with Crippen molar-refractivity contribution in [3.8, 4) is 11.3 Å². The summed E-state index contributed by atoms with van der Waals surface area (Å²) in [6, 6.07) is 18.2. The van der Waals surface area contributed by atoms with E-state index in [4.69, 9.17) is 9.72 Å². The standard InChI is InChI=1S/C25H22N2O3/c1-30-25(29)23(18-12-6-3-7-13-18)27-24(28)20-16-22(17-10-4-2-5-11-17)26-21-15-9-8-14-19(20)21/h2-6,8-11,13-16,23H,7,12H2,1H3,(H,27,28)/t23-/m1/s1. The molecule has 0 bridgehead atoms. The molecule has 0 saturated carbocycles. The van der Waals surface area contributed by atoms with Gasteiger partial charge in [0.2, 0.25) is 0 Å². The smallest absolute Gasteiger partial charge is 0.332 e. The highest BCUT2D eigenvalue weighted by Crippen LogP contribution is 2.25. The number of amides is 1. The summed E-state index contributed by atoms with van der Waals surface area (Å²) in [5, 5.41) is 3.61. The Morgan fingerprint density at radius 3 is 2.53 bits per heavy atom. The van der Waals surface area contributed by atoms with Gasteiger partial charge < -0.3 is 10.1 Å². The van der Waals surface area contributed by atoms with E-state index in [1.807, 2.05) is 72.8 Å². The van der Waals surface area contributed by atoms with E-state index < -0.39 is 12.0 Å². The number of esters is 1. The molecule has 150 valence electrons. The zero-order valence-corrected chi connectivity index (χ0v) is 16.7. The van der Waals surface area contributed by atoms with Crippen LogP contribution in [0.15, 0.2) is 84.5 Å². The van der Waals surface area contributed by atoms with Crippen LogP contribution in [0.4, 0.5) is 0 Å². The summed E-state index contributed by atoms with van der Waals surface area (Å²) in [5.74, 6) is -0.817. The van der Waals surface area contributed by atoms with Gasteiger partial charge in [-0.15, -0.1) is 0 Å². The number of para-hydroxylation sites is 1. The van der Waals surface area contributed by atoms with Crippen molar-refractivity contribution in [1.29, 1.82) is 0 Å². The van der Waals surface area contributed by atoms with Crippen molar-refractivity contribution in [2.75, 3.05) is 7.11 Å². The molecule has 4 rings (SSSR count).